The number of piperazine rings is 1. The molecule has 4 N–H and O–H groups in total. The normalized spacial score (nSPS) is 24.5. The molecule has 0 spiro atoms. The molecule has 1 unspecified atom stereocenters. The molecule has 1 aromatic carbocycles. The van der Waals surface area contributed by atoms with Gasteiger partial charge in [-0.3, -0.25) is 34.0 Å². The highest BCUT2D eigenvalue weighted by atomic mass is 19.3. The van der Waals surface area contributed by atoms with Crippen LogP contribution in [0.4, 0.5) is 30.4 Å². The van der Waals surface area contributed by atoms with Gasteiger partial charge in [-0.2, -0.15) is 15.3 Å². The zero-order valence-corrected chi connectivity index (χ0v) is 33.5. The van der Waals surface area contributed by atoms with Gasteiger partial charge >= 0.3 is 0 Å². The molecule has 19 heteroatoms. The van der Waals surface area contributed by atoms with E-state index in [0.29, 0.717) is 36.8 Å². The van der Waals surface area contributed by atoms with Crippen molar-refractivity contribution in [2.75, 3.05) is 60.9 Å². The van der Waals surface area contributed by atoms with Gasteiger partial charge in [0.15, 0.2) is 11.3 Å². The van der Waals surface area contributed by atoms with Gasteiger partial charge in [-0.15, -0.1) is 0 Å². The SMILES string of the molecule is Cn1nc(C2CCC(=O)NC2=O)c2ccc(N3CCN(CCC4CCC(n5cc(NC(=O)c6cnn7ccc(N8C[C@H](N)C[C@@H](F)C8)nc67)c(C(F)F)n5)CC4)CC3)cc21. The van der Waals surface area contributed by atoms with Crippen molar-refractivity contribution in [1.29, 1.82) is 0 Å². The van der Waals surface area contributed by atoms with Crippen molar-refractivity contribution >= 4 is 51.5 Å². The lowest BCUT2D eigenvalue weighted by Crippen LogP contribution is -2.48. The van der Waals surface area contributed by atoms with Gasteiger partial charge in [0.2, 0.25) is 11.8 Å². The quantitative estimate of drug-likeness (QED) is 0.171. The van der Waals surface area contributed by atoms with Crippen LogP contribution in [0.1, 0.15) is 91.5 Å². The van der Waals surface area contributed by atoms with Gasteiger partial charge < -0.3 is 20.9 Å². The number of anilines is 3. The summed E-state index contributed by atoms with van der Waals surface area (Å²) < 4.78 is 47.6. The third-order valence-electron chi connectivity index (χ3n) is 12.8. The van der Waals surface area contributed by atoms with Gasteiger partial charge in [0.1, 0.15) is 17.6 Å². The molecule has 4 aliphatic rings. The number of piperidine rings is 2. The van der Waals surface area contributed by atoms with E-state index in [0.717, 1.165) is 81.4 Å². The molecule has 16 nitrogen and oxygen atoms in total. The van der Waals surface area contributed by atoms with Crippen LogP contribution in [0, 0.1) is 5.92 Å². The minimum atomic E-state index is -2.89. The molecule has 1 saturated carbocycles. The number of rotatable bonds is 10. The van der Waals surface area contributed by atoms with E-state index in [9.17, 15) is 27.6 Å². The van der Waals surface area contributed by atoms with E-state index in [2.05, 4.69) is 52.8 Å². The molecule has 1 aliphatic carbocycles. The van der Waals surface area contributed by atoms with Crippen LogP contribution in [0.25, 0.3) is 16.6 Å². The first-order valence-corrected chi connectivity index (χ1v) is 20.9. The van der Waals surface area contributed by atoms with Gasteiger partial charge in [-0.1, -0.05) is 0 Å². The minimum absolute atomic E-state index is 0.0498. The number of fused-ring (bicyclic) bond motifs is 2. The number of alkyl halides is 3. The fourth-order valence-corrected chi connectivity index (χ4v) is 9.47. The summed E-state index contributed by atoms with van der Waals surface area (Å²) >= 11 is 0. The second-order valence-corrected chi connectivity index (χ2v) is 16.8. The molecule has 0 radical (unpaired) electrons. The van der Waals surface area contributed by atoms with Gasteiger partial charge in [0.25, 0.3) is 12.3 Å². The number of nitrogens with zero attached hydrogens (tertiary/aromatic N) is 10. The van der Waals surface area contributed by atoms with E-state index >= 15 is 0 Å². The average molecular weight is 830 g/mol. The maximum atomic E-state index is 14.3. The molecule has 3 saturated heterocycles. The predicted molar refractivity (Wildman–Crippen MR) is 218 cm³/mol. The molecule has 318 valence electrons. The van der Waals surface area contributed by atoms with Crippen LogP contribution in [0.15, 0.2) is 42.9 Å². The number of aryl methyl sites for hydroxylation is 1. The predicted octanol–water partition coefficient (Wildman–Crippen LogP) is 4.34. The van der Waals surface area contributed by atoms with Crippen LogP contribution in [0.3, 0.4) is 0 Å². The molecule has 4 aromatic heterocycles. The molecule has 3 amide bonds. The molecule has 3 aliphatic heterocycles. The second kappa shape index (κ2) is 16.5. The average Bonchev–Trinajstić information content (AvgIpc) is 3.95. The Labute approximate surface area is 344 Å². The summed E-state index contributed by atoms with van der Waals surface area (Å²) in [5, 5.41) is 19.2. The molecule has 7 heterocycles. The second-order valence-electron chi connectivity index (χ2n) is 16.8. The fraction of sp³-hybridized carbons (Fsp3) is 0.537. The van der Waals surface area contributed by atoms with Crippen LogP contribution in [0.2, 0.25) is 0 Å². The van der Waals surface area contributed by atoms with E-state index in [-0.39, 0.29) is 53.8 Å². The number of nitrogens with two attached hydrogens (primary N) is 1. The number of imide groups is 1. The van der Waals surface area contributed by atoms with E-state index < -0.39 is 30.1 Å². The fourth-order valence-electron chi connectivity index (χ4n) is 9.47. The van der Waals surface area contributed by atoms with Crippen LogP contribution < -0.4 is 26.2 Å². The smallest absolute Gasteiger partial charge is 0.284 e. The Hall–Kier alpha value is -5.56. The Morgan fingerprint density at radius 3 is 2.57 bits per heavy atom. The maximum Gasteiger partial charge on any atom is 0.284 e. The van der Waals surface area contributed by atoms with Crippen molar-refractivity contribution in [3.63, 3.8) is 0 Å². The first-order valence-electron chi connectivity index (χ1n) is 20.9. The first-order chi connectivity index (χ1) is 29.0. The zero-order valence-electron chi connectivity index (χ0n) is 33.5. The number of carbonyl (C=O) groups excluding carboxylic acids is 3. The molecule has 5 aromatic rings. The maximum absolute atomic E-state index is 14.3. The molecule has 0 bridgehead atoms. The van der Waals surface area contributed by atoms with Crippen molar-refractivity contribution in [3.8, 4) is 0 Å². The van der Waals surface area contributed by atoms with E-state index in [1.807, 2.05) is 17.8 Å². The Kier molecular flexibility index (Phi) is 11.0. The molecule has 60 heavy (non-hydrogen) atoms. The standard InChI is InChI=1S/C41H50F3N13O3/c1-52-33-19-28(6-7-29(33)36(50-52)30-8-9-35(58)49-40(30)59)54-16-14-53(15-17-54)12-10-24-2-4-27(5-3-24)57-23-32(37(51-57)38(43)44)47-41(60)31-20-46-56-13-11-34(48-39(31)56)55-21-25(42)18-26(45)22-55/h6-7,11,13,19-20,23-27,30,38H,2-5,8-10,12,14-18,21-22,45H2,1H3,(H,47,60)(H,49,58,59)/t24?,25-,26-,27?,30?/m1/s1. The zero-order chi connectivity index (χ0) is 41.7. The van der Waals surface area contributed by atoms with E-state index in [4.69, 9.17) is 5.73 Å². The number of hydrogen-bond donors (Lipinski definition) is 3. The summed E-state index contributed by atoms with van der Waals surface area (Å²) in [5.41, 5.74) is 8.60. The summed E-state index contributed by atoms with van der Waals surface area (Å²) in [5.74, 6) is -0.618. The number of hydrogen-bond acceptors (Lipinski definition) is 11. The highest BCUT2D eigenvalue weighted by Gasteiger charge is 2.33. The van der Waals surface area contributed by atoms with Crippen LogP contribution >= 0.6 is 0 Å². The third-order valence-corrected chi connectivity index (χ3v) is 12.8. The molecule has 3 atom stereocenters. The van der Waals surface area contributed by atoms with Gasteiger partial charge in [0.05, 0.1) is 41.6 Å². The summed E-state index contributed by atoms with van der Waals surface area (Å²) in [4.78, 5) is 48.9. The minimum Gasteiger partial charge on any atom is -0.369 e. The number of carbonyl (C=O) groups is 3. The Morgan fingerprint density at radius 2 is 1.82 bits per heavy atom. The van der Waals surface area contributed by atoms with Crippen molar-refractivity contribution in [2.24, 2.45) is 18.7 Å². The number of aromatic nitrogens is 7. The van der Waals surface area contributed by atoms with Crippen molar-refractivity contribution in [1.82, 2.24) is 44.4 Å². The number of halogens is 3. The molecular formula is C41H50F3N13O3. The number of amides is 3. The van der Waals surface area contributed by atoms with Crippen LogP contribution in [-0.2, 0) is 16.6 Å². The summed E-state index contributed by atoms with van der Waals surface area (Å²) in [7, 11) is 1.89. The van der Waals surface area contributed by atoms with E-state index in [1.165, 1.54) is 16.9 Å². The summed E-state index contributed by atoms with van der Waals surface area (Å²) in [6.07, 6.45) is 6.12. The topological polar surface area (TPSA) is 177 Å². The van der Waals surface area contributed by atoms with Crippen molar-refractivity contribution in [3.05, 3.63) is 59.8 Å². The monoisotopic (exact) mass is 829 g/mol. The lowest BCUT2D eigenvalue weighted by atomic mass is 9.84. The van der Waals surface area contributed by atoms with Crippen LogP contribution in [0.5, 0.6) is 0 Å². The Bertz CT molecular complexity index is 2390. The first kappa shape index (κ1) is 39.9. The van der Waals surface area contributed by atoms with Crippen molar-refractivity contribution in [2.45, 2.75) is 82.0 Å². The summed E-state index contributed by atoms with van der Waals surface area (Å²) in [6.45, 7) is 5.22. The number of benzene rings is 1. The Balaban J connectivity index is 0.768. The lowest BCUT2D eigenvalue weighted by molar-refractivity contribution is -0.134. The Morgan fingerprint density at radius 1 is 1.02 bits per heavy atom. The van der Waals surface area contributed by atoms with Gasteiger partial charge in [-0.05, 0) is 81.7 Å². The lowest BCUT2D eigenvalue weighted by Gasteiger charge is -2.37. The molecule has 9 rings (SSSR count). The van der Waals surface area contributed by atoms with Gasteiger partial charge in [0, 0.05) is 75.7 Å². The van der Waals surface area contributed by atoms with E-state index in [1.54, 1.807) is 21.8 Å². The van der Waals surface area contributed by atoms with Crippen LogP contribution in [-0.4, -0.2) is 115 Å². The molecular weight excluding hydrogens is 780 g/mol. The van der Waals surface area contributed by atoms with Gasteiger partial charge in [-0.25, -0.2) is 22.7 Å². The summed E-state index contributed by atoms with van der Waals surface area (Å²) in [6, 6.07) is 7.56. The third kappa shape index (κ3) is 8.03. The van der Waals surface area contributed by atoms with Crippen molar-refractivity contribution < 1.29 is 27.6 Å². The highest BCUT2D eigenvalue weighted by Crippen LogP contribution is 2.37. The molecule has 4 fully saturated rings. The largest absolute Gasteiger partial charge is 0.369 e. The highest BCUT2D eigenvalue weighted by molar-refractivity contribution is 6.08. The number of nitrogens with one attached hydrogen (secondary N) is 2.